The van der Waals surface area contributed by atoms with Gasteiger partial charge in [-0.3, -0.25) is 14.4 Å². The van der Waals surface area contributed by atoms with Crippen LogP contribution in [0.5, 0.6) is 23.0 Å². The molecular formula is C34H25N3O9S. The highest BCUT2D eigenvalue weighted by atomic mass is 32.2. The number of pyridine rings is 1. The Bertz CT molecular complexity index is 1960. The van der Waals surface area contributed by atoms with Gasteiger partial charge in [-0.15, -0.1) is 0 Å². The van der Waals surface area contributed by atoms with Gasteiger partial charge in [0.1, 0.15) is 11.1 Å². The number of esters is 1. The van der Waals surface area contributed by atoms with Gasteiger partial charge in [-0.05, 0) is 72.8 Å². The molecule has 236 valence electrons. The standard InChI is InChI=1S/C34H25N3O9S/c1-42-26-11-7-21(14-28(26)43-2)25(38)17-44-34(41)19-3-8-23(9-4-19)37-31(39)15-30(33(37)40)47-32-22(16-35)5-10-24(36-32)20-6-12-27-29(13-20)46-18-45-27/h3-14,30H,15,17-18H2,1-2H3. The molecule has 0 saturated carbocycles. The lowest BCUT2D eigenvalue weighted by molar-refractivity contribution is -0.121. The van der Waals surface area contributed by atoms with Crippen LogP contribution >= 0.6 is 11.8 Å². The van der Waals surface area contributed by atoms with Gasteiger partial charge >= 0.3 is 5.97 Å². The van der Waals surface area contributed by atoms with Crippen LogP contribution in [-0.2, 0) is 14.3 Å². The van der Waals surface area contributed by atoms with E-state index >= 15 is 0 Å². The van der Waals surface area contributed by atoms with Gasteiger partial charge in [-0.2, -0.15) is 5.26 Å². The van der Waals surface area contributed by atoms with Crippen LogP contribution in [0.1, 0.15) is 32.7 Å². The molecule has 1 saturated heterocycles. The number of carbonyl (C=O) groups is 4. The number of methoxy groups -OCH3 is 2. The molecule has 1 atom stereocenters. The van der Waals surface area contributed by atoms with Crippen LogP contribution in [0.25, 0.3) is 11.3 Å². The molecule has 0 N–H and O–H groups in total. The van der Waals surface area contributed by atoms with Crippen LogP contribution in [0.15, 0.2) is 77.8 Å². The number of amides is 2. The normalized spacial score (nSPS) is 14.9. The number of carbonyl (C=O) groups excluding carboxylic acids is 4. The van der Waals surface area contributed by atoms with E-state index in [9.17, 15) is 24.4 Å². The van der Waals surface area contributed by atoms with E-state index < -0.39 is 35.4 Å². The Morgan fingerprint density at radius 2 is 1.68 bits per heavy atom. The van der Waals surface area contributed by atoms with Gasteiger partial charge < -0.3 is 23.7 Å². The topological polar surface area (TPSA) is 154 Å². The number of benzene rings is 3. The van der Waals surface area contributed by atoms with E-state index in [1.165, 1.54) is 50.6 Å². The number of imide groups is 1. The van der Waals surface area contributed by atoms with Crippen molar-refractivity contribution in [3.05, 3.63) is 89.5 Å². The smallest absolute Gasteiger partial charge is 0.338 e. The van der Waals surface area contributed by atoms with Crippen LogP contribution < -0.4 is 23.8 Å². The number of hydrogen-bond donors (Lipinski definition) is 0. The van der Waals surface area contributed by atoms with Gasteiger partial charge in [-0.1, -0.05) is 11.8 Å². The summed E-state index contributed by atoms with van der Waals surface area (Å²) in [5.74, 6) is -0.0853. The zero-order chi connectivity index (χ0) is 33.1. The molecule has 3 heterocycles. The zero-order valence-corrected chi connectivity index (χ0v) is 25.9. The van der Waals surface area contributed by atoms with Crippen LogP contribution in [0.4, 0.5) is 5.69 Å². The number of aromatic nitrogens is 1. The minimum atomic E-state index is -0.818. The average Bonchev–Trinajstić information content (AvgIpc) is 3.69. The molecule has 0 radical (unpaired) electrons. The molecule has 1 unspecified atom stereocenters. The second-order valence-corrected chi connectivity index (χ2v) is 11.4. The average molecular weight is 652 g/mol. The van der Waals surface area contributed by atoms with Crippen LogP contribution in [0.3, 0.4) is 0 Å². The molecule has 0 spiro atoms. The molecule has 13 heteroatoms. The van der Waals surface area contributed by atoms with Crippen molar-refractivity contribution in [2.45, 2.75) is 16.7 Å². The van der Waals surface area contributed by atoms with E-state index in [0.717, 1.165) is 22.2 Å². The maximum atomic E-state index is 13.4. The second kappa shape index (κ2) is 13.2. The first kappa shape index (κ1) is 31.1. The number of nitrogens with zero attached hydrogens (tertiary/aromatic N) is 3. The quantitative estimate of drug-likeness (QED) is 0.131. The summed E-state index contributed by atoms with van der Waals surface area (Å²) in [6.45, 7) is -0.378. The van der Waals surface area contributed by atoms with Crippen molar-refractivity contribution >= 4 is 41.0 Å². The minimum absolute atomic E-state index is 0.105. The first-order chi connectivity index (χ1) is 22.8. The Balaban J connectivity index is 1.11. The fourth-order valence-corrected chi connectivity index (χ4v) is 6.08. The summed E-state index contributed by atoms with van der Waals surface area (Å²) >= 11 is 1.04. The SMILES string of the molecule is COc1ccc(C(=O)COC(=O)c2ccc(N3C(=O)CC(Sc4nc(-c5ccc6c(c5)OCO6)ccc4C#N)C3=O)cc2)cc1OC. The number of ether oxygens (including phenoxy) is 5. The minimum Gasteiger partial charge on any atom is -0.493 e. The molecule has 4 aromatic rings. The number of Topliss-reactive ketones (excluding diaryl/α,β-unsaturated/α-hetero) is 1. The Kier molecular flexibility index (Phi) is 8.77. The number of thioether (sulfide) groups is 1. The van der Waals surface area contributed by atoms with Crippen molar-refractivity contribution in [1.29, 1.82) is 5.26 Å². The lowest BCUT2D eigenvalue weighted by Gasteiger charge is -2.15. The number of nitriles is 1. The molecule has 0 bridgehead atoms. The second-order valence-electron chi connectivity index (χ2n) is 10.2. The number of hydrogen-bond acceptors (Lipinski definition) is 12. The van der Waals surface area contributed by atoms with Gasteiger partial charge in [0.2, 0.25) is 18.6 Å². The van der Waals surface area contributed by atoms with Crippen LogP contribution in [0.2, 0.25) is 0 Å². The molecule has 0 aliphatic carbocycles. The highest BCUT2D eigenvalue weighted by molar-refractivity contribution is 8.00. The fraction of sp³-hybridized carbons (Fsp3) is 0.176. The molecule has 3 aromatic carbocycles. The summed E-state index contributed by atoms with van der Waals surface area (Å²) < 4.78 is 26.4. The van der Waals surface area contributed by atoms with Crippen molar-refractivity contribution < 1.29 is 42.9 Å². The highest BCUT2D eigenvalue weighted by Gasteiger charge is 2.41. The first-order valence-electron chi connectivity index (χ1n) is 14.2. The van der Waals surface area contributed by atoms with Crippen molar-refractivity contribution in [2.75, 3.05) is 32.5 Å². The molecule has 2 aliphatic heterocycles. The summed E-state index contributed by atoms with van der Waals surface area (Å²) in [4.78, 5) is 57.3. The van der Waals surface area contributed by atoms with Gasteiger partial charge in [0.15, 0.2) is 35.4 Å². The number of anilines is 1. The molecule has 2 amide bonds. The third kappa shape index (κ3) is 6.31. The number of ketones is 1. The zero-order valence-electron chi connectivity index (χ0n) is 25.1. The Morgan fingerprint density at radius 3 is 2.43 bits per heavy atom. The third-order valence-corrected chi connectivity index (χ3v) is 8.60. The Hall–Kier alpha value is -5.87. The molecular weight excluding hydrogens is 626 g/mol. The summed E-state index contributed by atoms with van der Waals surface area (Å²) in [6, 6.07) is 21.1. The predicted molar refractivity (Wildman–Crippen MR) is 168 cm³/mol. The number of fused-ring (bicyclic) bond motifs is 1. The van der Waals surface area contributed by atoms with Crippen LogP contribution in [0, 0.1) is 11.3 Å². The molecule has 47 heavy (non-hydrogen) atoms. The predicted octanol–water partition coefficient (Wildman–Crippen LogP) is 4.83. The lowest BCUT2D eigenvalue weighted by Crippen LogP contribution is -2.31. The molecule has 2 aliphatic rings. The summed E-state index contributed by atoms with van der Waals surface area (Å²) in [6.07, 6.45) is -0.105. The summed E-state index contributed by atoms with van der Waals surface area (Å²) in [5, 5.41) is 9.20. The Morgan fingerprint density at radius 1 is 0.936 bits per heavy atom. The van der Waals surface area contributed by atoms with Crippen LogP contribution in [-0.4, -0.2) is 61.4 Å². The molecule has 12 nitrogen and oxygen atoms in total. The van der Waals surface area contributed by atoms with Crippen molar-refractivity contribution in [2.24, 2.45) is 0 Å². The van der Waals surface area contributed by atoms with E-state index in [1.807, 2.05) is 6.07 Å². The highest BCUT2D eigenvalue weighted by Crippen LogP contribution is 2.38. The monoisotopic (exact) mass is 651 g/mol. The van der Waals surface area contributed by atoms with Gasteiger partial charge in [0, 0.05) is 17.5 Å². The maximum absolute atomic E-state index is 13.4. The van der Waals surface area contributed by atoms with Crippen molar-refractivity contribution in [1.82, 2.24) is 4.98 Å². The molecule has 1 fully saturated rings. The largest absolute Gasteiger partial charge is 0.493 e. The van der Waals surface area contributed by atoms with E-state index in [0.29, 0.717) is 33.7 Å². The van der Waals surface area contributed by atoms with Crippen molar-refractivity contribution in [3.8, 4) is 40.3 Å². The Labute approximate surface area is 272 Å². The first-order valence-corrected chi connectivity index (χ1v) is 15.0. The molecule has 1 aromatic heterocycles. The summed E-state index contributed by atoms with van der Waals surface area (Å²) in [7, 11) is 2.92. The van der Waals surface area contributed by atoms with Gasteiger partial charge in [0.05, 0.1) is 42.0 Å². The summed E-state index contributed by atoms with van der Waals surface area (Å²) in [5.41, 5.74) is 2.24. The third-order valence-electron chi connectivity index (χ3n) is 7.41. The van der Waals surface area contributed by atoms with E-state index in [1.54, 1.807) is 30.3 Å². The van der Waals surface area contributed by atoms with E-state index in [4.69, 9.17) is 23.7 Å². The van der Waals surface area contributed by atoms with E-state index in [2.05, 4.69) is 11.1 Å². The number of rotatable bonds is 10. The molecule has 6 rings (SSSR count). The maximum Gasteiger partial charge on any atom is 0.338 e. The van der Waals surface area contributed by atoms with Crippen molar-refractivity contribution in [3.63, 3.8) is 0 Å². The fourth-order valence-electron chi connectivity index (χ4n) is 4.99. The van der Waals surface area contributed by atoms with E-state index in [-0.39, 0.29) is 35.6 Å². The van der Waals surface area contributed by atoms with Gasteiger partial charge in [-0.25, -0.2) is 14.7 Å². The lowest BCUT2D eigenvalue weighted by atomic mass is 10.1. The van der Waals surface area contributed by atoms with Gasteiger partial charge in [0.25, 0.3) is 0 Å².